The number of aliphatic hydroxyl groups is 1. The van der Waals surface area contributed by atoms with Crippen LogP contribution in [0, 0.1) is 0 Å². The molecule has 0 saturated heterocycles. The zero-order valence-corrected chi connectivity index (χ0v) is 15.6. The second kappa shape index (κ2) is 6.17. The molecule has 0 bridgehead atoms. The fraction of sp³-hybridized carbons (Fsp3) is 0.286. The van der Waals surface area contributed by atoms with Crippen molar-refractivity contribution in [1.29, 1.82) is 0 Å². The Labute approximate surface area is 161 Å². The number of aromatic hydroxyl groups is 2. The van der Waals surface area contributed by atoms with Gasteiger partial charge in [-0.25, -0.2) is 0 Å². The van der Waals surface area contributed by atoms with E-state index in [2.05, 4.69) is 0 Å². The minimum absolute atomic E-state index is 0.00880. The van der Waals surface area contributed by atoms with Crippen LogP contribution >= 0.6 is 0 Å². The summed E-state index contributed by atoms with van der Waals surface area (Å²) in [4.78, 5) is 12.7. The summed E-state index contributed by atoms with van der Waals surface area (Å²) >= 11 is 0. The van der Waals surface area contributed by atoms with E-state index >= 15 is 0 Å². The van der Waals surface area contributed by atoms with Crippen LogP contribution in [0.1, 0.15) is 41.4 Å². The lowest BCUT2D eigenvalue weighted by molar-refractivity contribution is 0.0202. The van der Waals surface area contributed by atoms with Gasteiger partial charge in [0.2, 0.25) is 5.78 Å². The molecule has 28 heavy (non-hydrogen) atoms. The number of hydrogen-bond donors (Lipinski definition) is 3. The Morgan fingerprint density at radius 2 is 1.89 bits per heavy atom. The van der Waals surface area contributed by atoms with Crippen molar-refractivity contribution in [2.24, 2.45) is 0 Å². The lowest BCUT2D eigenvalue weighted by atomic mass is 9.90. The number of ether oxygens (including phenoxy) is 3. The maximum absolute atomic E-state index is 12.7. The highest BCUT2D eigenvalue weighted by molar-refractivity contribution is 6.05. The molecule has 0 fully saturated rings. The van der Waals surface area contributed by atoms with E-state index in [-0.39, 0.29) is 17.1 Å². The second-order valence-corrected chi connectivity index (χ2v) is 7.32. The molecule has 2 aliphatic rings. The van der Waals surface area contributed by atoms with Gasteiger partial charge in [-0.05, 0) is 38.1 Å². The van der Waals surface area contributed by atoms with Gasteiger partial charge in [-0.1, -0.05) is 0 Å². The number of Topliss-reactive ketones (excluding diaryl/α,β-unsaturated/α-hetero) is 1. The Kier molecular flexibility index (Phi) is 4.01. The van der Waals surface area contributed by atoms with E-state index in [1.54, 1.807) is 12.1 Å². The summed E-state index contributed by atoms with van der Waals surface area (Å²) in [5.74, 6) is -0.389. The van der Waals surface area contributed by atoms with Crippen LogP contribution < -0.4 is 14.2 Å². The number of ketones is 1. The predicted octanol–water partition coefficient (Wildman–Crippen LogP) is 2.97. The molecule has 7 nitrogen and oxygen atoms in total. The van der Waals surface area contributed by atoms with Gasteiger partial charge in [0.1, 0.15) is 39.9 Å². The molecule has 4 rings (SSSR count). The highest BCUT2D eigenvalue weighted by Crippen LogP contribution is 2.46. The molecule has 0 radical (unpaired) electrons. The molecule has 0 saturated carbocycles. The van der Waals surface area contributed by atoms with Crippen LogP contribution in [0.2, 0.25) is 0 Å². The normalized spacial score (nSPS) is 21.9. The third-order valence-electron chi connectivity index (χ3n) is 4.84. The molecule has 0 aromatic heterocycles. The third-order valence-corrected chi connectivity index (χ3v) is 4.84. The van der Waals surface area contributed by atoms with Gasteiger partial charge in [0.25, 0.3) is 0 Å². The summed E-state index contributed by atoms with van der Waals surface area (Å²) in [7, 11) is 1.48. The summed E-state index contributed by atoms with van der Waals surface area (Å²) in [5, 5.41) is 30.3. The van der Waals surface area contributed by atoms with E-state index in [9.17, 15) is 20.1 Å². The van der Waals surface area contributed by atoms with Gasteiger partial charge >= 0.3 is 0 Å². The molecule has 2 atom stereocenters. The number of aliphatic hydroxyl groups excluding tert-OH is 1. The number of carbonyl (C=O) groups excluding carboxylic acids is 1. The van der Waals surface area contributed by atoms with E-state index in [1.165, 1.54) is 13.2 Å². The molecule has 146 valence electrons. The minimum atomic E-state index is -1.56. The molecule has 0 spiro atoms. The van der Waals surface area contributed by atoms with Crippen molar-refractivity contribution < 1.29 is 34.3 Å². The third kappa shape index (κ3) is 2.75. The van der Waals surface area contributed by atoms with E-state index in [1.807, 2.05) is 26.0 Å². The number of hydrogen-bond acceptors (Lipinski definition) is 7. The fourth-order valence-electron chi connectivity index (χ4n) is 3.55. The van der Waals surface area contributed by atoms with Crippen LogP contribution in [0.5, 0.6) is 28.7 Å². The van der Waals surface area contributed by atoms with E-state index in [4.69, 9.17) is 14.2 Å². The molecule has 3 N–H and O–H groups in total. The molecule has 0 unspecified atom stereocenters. The summed E-state index contributed by atoms with van der Waals surface area (Å²) in [5.41, 5.74) is 0.490. The Balaban J connectivity index is 1.83. The zero-order chi connectivity index (χ0) is 20.2. The first-order valence-electron chi connectivity index (χ1n) is 8.76. The molecule has 2 heterocycles. The lowest BCUT2D eigenvalue weighted by Gasteiger charge is -2.33. The lowest BCUT2D eigenvalue weighted by Crippen LogP contribution is -2.36. The Morgan fingerprint density at radius 3 is 2.61 bits per heavy atom. The fourth-order valence-corrected chi connectivity index (χ4v) is 3.55. The van der Waals surface area contributed by atoms with Crippen LogP contribution in [0.15, 0.2) is 30.3 Å². The van der Waals surface area contributed by atoms with Crippen LogP contribution in [0.4, 0.5) is 0 Å². The minimum Gasteiger partial charge on any atom is -0.508 e. The number of rotatable bonds is 2. The smallest absolute Gasteiger partial charge is 0.202 e. The highest BCUT2D eigenvalue weighted by Gasteiger charge is 2.41. The van der Waals surface area contributed by atoms with Gasteiger partial charge < -0.3 is 29.5 Å². The Hall–Kier alpha value is -3.19. The van der Waals surface area contributed by atoms with Gasteiger partial charge in [0, 0.05) is 17.7 Å². The molecule has 0 aliphatic carbocycles. The van der Waals surface area contributed by atoms with Crippen LogP contribution in [0.25, 0.3) is 6.08 Å². The van der Waals surface area contributed by atoms with Crippen LogP contribution in [-0.4, -0.2) is 39.9 Å². The predicted molar refractivity (Wildman–Crippen MR) is 100 cm³/mol. The maximum Gasteiger partial charge on any atom is 0.202 e. The number of phenolic OH excluding ortho intramolecular Hbond substituents is 2. The van der Waals surface area contributed by atoms with Crippen molar-refractivity contribution in [3.63, 3.8) is 0 Å². The summed E-state index contributed by atoms with van der Waals surface area (Å²) in [6.45, 7) is 3.85. The highest BCUT2D eigenvalue weighted by atomic mass is 16.5. The molecule has 0 amide bonds. The number of methoxy groups -OCH3 is 1. The average Bonchev–Trinajstić information content (AvgIpc) is 2.62. The molecular formula is C21H20O7. The van der Waals surface area contributed by atoms with Gasteiger partial charge in [-0.3, -0.25) is 4.79 Å². The first-order chi connectivity index (χ1) is 13.2. The first-order valence-corrected chi connectivity index (χ1v) is 8.76. The van der Waals surface area contributed by atoms with Crippen molar-refractivity contribution in [2.45, 2.75) is 31.7 Å². The number of benzene rings is 2. The quantitative estimate of drug-likeness (QED) is 0.731. The summed E-state index contributed by atoms with van der Waals surface area (Å²) in [6.07, 6.45) is 1.12. The average molecular weight is 384 g/mol. The number of carbonyl (C=O) groups is 1. The molecule has 2 aromatic carbocycles. The largest absolute Gasteiger partial charge is 0.508 e. The molecule has 7 heteroatoms. The number of phenols is 2. The maximum atomic E-state index is 12.7. The van der Waals surface area contributed by atoms with E-state index < -0.39 is 29.3 Å². The molecular weight excluding hydrogens is 364 g/mol. The molecule has 2 aliphatic heterocycles. The summed E-state index contributed by atoms with van der Waals surface area (Å²) in [6, 6.07) is 5.65. The van der Waals surface area contributed by atoms with Crippen LogP contribution in [0.3, 0.4) is 0 Å². The monoisotopic (exact) mass is 384 g/mol. The zero-order valence-electron chi connectivity index (χ0n) is 15.6. The topological polar surface area (TPSA) is 105 Å². The standard InChI is InChI=1S/C21H20O7/c1-21(2)7-6-11-14(28-21)5-4-12(19(11)26-3)20-18(25)17(24)16-13(23)8-10(22)9-15(16)27-20/h4-9,18,20,22-23,25H,1-3H3/t18-,20+/m1/s1. The van der Waals surface area contributed by atoms with Crippen molar-refractivity contribution in [3.05, 3.63) is 47.0 Å². The summed E-state index contributed by atoms with van der Waals surface area (Å²) < 4.78 is 17.3. The second-order valence-electron chi connectivity index (χ2n) is 7.32. The van der Waals surface area contributed by atoms with Crippen molar-refractivity contribution in [3.8, 4) is 28.7 Å². The van der Waals surface area contributed by atoms with Gasteiger partial charge in [-0.2, -0.15) is 0 Å². The van der Waals surface area contributed by atoms with Crippen molar-refractivity contribution in [2.75, 3.05) is 7.11 Å². The molecule has 2 aromatic rings. The first kappa shape index (κ1) is 18.2. The number of fused-ring (bicyclic) bond motifs is 2. The van der Waals surface area contributed by atoms with Crippen molar-refractivity contribution >= 4 is 11.9 Å². The Bertz CT molecular complexity index is 1010. The van der Waals surface area contributed by atoms with Gasteiger partial charge in [0.05, 0.1) is 12.7 Å². The van der Waals surface area contributed by atoms with Crippen LogP contribution in [-0.2, 0) is 0 Å². The van der Waals surface area contributed by atoms with Crippen molar-refractivity contribution in [1.82, 2.24) is 0 Å². The van der Waals surface area contributed by atoms with E-state index in [0.29, 0.717) is 22.6 Å². The SMILES string of the molecule is COc1c([C@@H]2Oc3cc(O)cc(O)c3C(=O)[C@H]2O)ccc2c1C=CC(C)(C)O2. The van der Waals surface area contributed by atoms with E-state index in [0.717, 1.165) is 6.07 Å². The Morgan fingerprint density at radius 1 is 1.14 bits per heavy atom. The van der Waals surface area contributed by atoms with Gasteiger partial charge in [0.15, 0.2) is 12.2 Å². The van der Waals surface area contributed by atoms with Gasteiger partial charge in [-0.15, -0.1) is 0 Å².